The van der Waals surface area contributed by atoms with Crippen molar-refractivity contribution < 1.29 is 19.1 Å². The second-order valence-corrected chi connectivity index (χ2v) is 4.57. The van der Waals surface area contributed by atoms with Crippen LogP contribution in [0.1, 0.15) is 6.92 Å². The molecule has 0 aliphatic rings. The quantitative estimate of drug-likeness (QED) is 0.886. The molecule has 0 radical (unpaired) electrons. The van der Waals surface area contributed by atoms with Gasteiger partial charge in [-0.15, -0.1) is 0 Å². The van der Waals surface area contributed by atoms with Gasteiger partial charge in [-0.05, 0) is 42.0 Å². The fourth-order valence-corrected chi connectivity index (χ4v) is 1.94. The summed E-state index contributed by atoms with van der Waals surface area (Å²) in [7, 11) is 1.60. The fourth-order valence-electron chi connectivity index (χ4n) is 1.94. The van der Waals surface area contributed by atoms with Gasteiger partial charge in [-0.25, -0.2) is 4.79 Å². The van der Waals surface area contributed by atoms with E-state index in [1.165, 1.54) is 0 Å². The molecule has 0 spiro atoms. The second kappa shape index (κ2) is 7.31. The Morgan fingerprint density at radius 3 is 2.41 bits per heavy atom. The van der Waals surface area contributed by atoms with Crippen LogP contribution in [0.15, 0.2) is 36.4 Å². The molecule has 0 heterocycles. The minimum atomic E-state index is -0.528. The molecule has 0 unspecified atom stereocenters. The molecule has 0 fully saturated rings. The molecule has 6 heteroatoms. The Balaban J connectivity index is 1.99. The lowest BCUT2D eigenvalue weighted by atomic mass is 10.1. The first-order valence-corrected chi connectivity index (χ1v) is 6.90. The lowest BCUT2D eigenvalue weighted by Gasteiger charge is -2.08. The Morgan fingerprint density at radius 2 is 1.73 bits per heavy atom. The number of ether oxygens (including phenoxy) is 2. The maximum absolute atomic E-state index is 11.5. The third-order valence-corrected chi connectivity index (χ3v) is 2.98. The van der Waals surface area contributed by atoms with E-state index in [1.807, 2.05) is 30.3 Å². The number of benzene rings is 2. The summed E-state index contributed by atoms with van der Waals surface area (Å²) in [5.74, 6) is 0.794. The molecule has 2 aromatic rings. The van der Waals surface area contributed by atoms with E-state index < -0.39 is 11.9 Å². The van der Waals surface area contributed by atoms with Crippen LogP contribution in [0, 0.1) is 0 Å². The highest BCUT2D eigenvalue weighted by atomic mass is 16.5. The van der Waals surface area contributed by atoms with Crippen LogP contribution in [0.5, 0.6) is 11.5 Å². The largest absolute Gasteiger partial charge is 0.497 e. The van der Waals surface area contributed by atoms with E-state index in [-0.39, 0.29) is 6.61 Å². The molecule has 2 N–H and O–H groups in total. The first-order valence-electron chi connectivity index (χ1n) is 6.90. The standard InChI is InChI=1S/C16H18N2O4/c1-3-17-16(20)18-15(19)10-22-14-7-5-11-4-6-13(21-2)8-12(11)9-14/h4-9H,3,10H2,1-2H3,(H2,17,18,19,20). The highest BCUT2D eigenvalue weighted by molar-refractivity contribution is 5.95. The number of urea groups is 1. The minimum absolute atomic E-state index is 0.230. The van der Waals surface area contributed by atoms with Crippen molar-refractivity contribution in [2.45, 2.75) is 6.92 Å². The van der Waals surface area contributed by atoms with Crippen molar-refractivity contribution in [3.8, 4) is 11.5 Å². The first-order chi connectivity index (χ1) is 10.6. The molecule has 2 aromatic carbocycles. The topological polar surface area (TPSA) is 76.7 Å². The lowest BCUT2D eigenvalue weighted by molar-refractivity contribution is -0.122. The van der Waals surface area contributed by atoms with Crippen LogP contribution in [-0.4, -0.2) is 32.2 Å². The number of carbonyl (C=O) groups is 2. The molecule has 3 amide bonds. The smallest absolute Gasteiger partial charge is 0.321 e. The molecule has 116 valence electrons. The zero-order chi connectivity index (χ0) is 15.9. The summed E-state index contributed by atoms with van der Waals surface area (Å²) in [4.78, 5) is 22.7. The van der Waals surface area contributed by atoms with E-state index in [4.69, 9.17) is 9.47 Å². The predicted molar refractivity (Wildman–Crippen MR) is 83.2 cm³/mol. The van der Waals surface area contributed by atoms with Crippen LogP contribution in [0.4, 0.5) is 4.79 Å². The minimum Gasteiger partial charge on any atom is -0.497 e. The zero-order valence-electron chi connectivity index (χ0n) is 12.5. The van der Waals surface area contributed by atoms with Gasteiger partial charge >= 0.3 is 6.03 Å². The van der Waals surface area contributed by atoms with E-state index in [1.54, 1.807) is 20.1 Å². The lowest BCUT2D eigenvalue weighted by Crippen LogP contribution is -2.41. The maximum atomic E-state index is 11.5. The van der Waals surface area contributed by atoms with E-state index in [9.17, 15) is 9.59 Å². The number of rotatable bonds is 5. The average molecular weight is 302 g/mol. The highest BCUT2D eigenvalue weighted by Gasteiger charge is 2.07. The third-order valence-electron chi connectivity index (χ3n) is 2.98. The Morgan fingerprint density at radius 1 is 1.05 bits per heavy atom. The molecule has 0 aromatic heterocycles. The second-order valence-electron chi connectivity index (χ2n) is 4.57. The Labute approximate surface area is 128 Å². The monoisotopic (exact) mass is 302 g/mol. The van der Waals surface area contributed by atoms with Crippen LogP contribution in [-0.2, 0) is 4.79 Å². The molecule has 2 rings (SSSR count). The van der Waals surface area contributed by atoms with Crippen molar-refractivity contribution in [2.24, 2.45) is 0 Å². The maximum Gasteiger partial charge on any atom is 0.321 e. The van der Waals surface area contributed by atoms with Crippen molar-refractivity contribution >= 4 is 22.7 Å². The molecule has 0 saturated carbocycles. The van der Waals surface area contributed by atoms with Crippen molar-refractivity contribution in [1.82, 2.24) is 10.6 Å². The molecule has 0 aliphatic heterocycles. The summed E-state index contributed by atoms with van der Waals surface area (Å²) in [5, 5.41) is 6.63. The first kappa shape index (κ1) is 15.6. The summed E-state index contributed by atoms with van der Waals surface area (Å²) in [6.45, 7) is 1.99. The van der Waals surface area contributed by atoms with E-state index in [2.05, 4.69) is 10.6 Å². The molecule has 0 saturated heterocycles. The van der Waals surface area contributed by atoms with Gasteiger partial charge in [0.2, 0.25) is 0 Å². The van der Waals surface area contributed by atoms with Crippen LogP contribution < -0.4 is 20.1 Å². The third kappa shape index (κ3) is 4.12. The number of carbonyl (C=O) groups excluding carboxylic acids is 2. The van der Waals surface area contributed by atoms with Gasteiger partial charge in [0.05, 0.1) is 7.11 Å². The summed E-state index contributed by atoms with van der Waals surface area (Å²) in [5.41, 5.74) is 0. The predicted octanol–water partition coefficient (Wildman–Crippen LogP) is 2.07. The van der Waals surface area contributed by atoms with E-state index in [0.29, 0.717) is 12.3 Å². The van der Waals surface area contributed by atoms with E-state index >= 15 is 0 Å². The van der Waals surface area contributed by atoms with Crippen LogP contribution in [0.2, 0.25) is 0 Å². The van der Waals surface area contributed by atoms with Crippen molar-refractivity contribution in [3.05, 3.63) is 36.4 Å². The average Bonchev–Trinajstić information content (AvgIpc) is 2.52. The summed E-state index contributed by atoms with van der Waals surface area (Å²) in [6.07, 6.45) is 0. The Bertz CT molecular complexity index is 685. The number of nitrogens with one attached hydrogen (secondary N) is 2. The SMILES string of the molecule is CCNC(=O)NC(=O)COc1ccc2ccc(OC)cc2c1. The summed E-state index contributed by atoms with van der Waals surface area (Å²) < 4.78 is 10.6. The molecular formula is C16H18N2O4. The molecule has 6 nitrogen and oxygen atoms in total. The normalized spacial score (nSPS) is 10.1. The van der Waals surface area contributed by atoms with Gasteiger partial charge in [0.25, 0.3) is 5.91 Å². The van der Waals surface area contributed by atoms with E-state index in [0.717, 1.165) is 16.5 Å². The van der Waals surface area contributed by atoms with Gasteiger partial charge in [0, 0.05) is 6.54 Å². The number of hydrogen-bond donors (Lipinski definition) is 2. The number of amides is 3. The van der Waals surface area contributed by atoms with Gasteiger partial charge in [0.15, 0.2) is 6.61 Å². The number of hydrogen-bond acceptors (Lipinski definition) is 4. The Hall–Kier alpha value is -2.76. The van der Waals surface area contributed by atoms with Gasteiger partial charge in [-0.2, -0.15) is 0 Å². The van der Waals surface area contributed by atoms with Gasteiger partial charge in [-0.1, -0.05) is 12.1 Å². The van der Waals surface area contributed by atoms with Crippen LogP contribution >= 0.6 is 0 Å². The van der Waals surface area contributed by atoms with Crippen molar-refractivity contribution in [2.75, 3.05) is 20.3 Å². The summed E-state index contributed by atoms with van der Waals surface area (Å²) >= 11 is 0. The number of fused-ring (bicyclic) bond motifs is 1. The fraction of sp³-hybridized carbons (Fsp3) is 0.250. The molecule has 22 heavy (non-hydrogen) atoms. The van der Waals surface area contributed by atoms with Gasteiger partial charge in [-0.3, -0.25) is 10.1 Å². The molecule has 0 bridgehead atoms. The highest BCUT2D eigenvalue weighted by Crippen LogP contribution is 2.24. The number of methoxy groups -OCH3 is 1. The number of imide groups is 1. The van der Waals surface area contributed by atoms with Crippen molar-refractivity contribution in [3.63, 3.8) is 0 Å². The van der Waals surface area contributed by atoms with Gasteiger partial charge in [0.1, 0.15) is 11.5 Å². The molecular weight excluding hydrogens is 284 g/mol. The zero-order valence-corrected chi connectivity index (χ0v) is 12.5. The molecule has 0 atom stereocenters. The molecule has 0 aliphatic carbocycles. The van der Waals surface area contributed by atoms with Crippen LogP contribution in [0.3, 0.4) is 0 Å². The van der Waals surface area contributed by atoms with Gasteiger partial charge < -0.3 is 14.8 Å². The van der Waals surface area contributed by atoms with Crippen LogP contribution in [0.25, 0.3) is 10.8 Å². The summed E-state index contributed by atoms with van der Waals surface area (Å²) in [6, 6.07) is 10.7. The Kier molecular flexibility index (Phi) is 5.19. The van der Waals surface area contributed by atoms with Crippen molar-refractivity contribution in [1.29, 1.82) is 0 Å².